The van der Waals surface area contributed by atoms with Crippen molar-refractivity contribution in [2.24, 2.45) is 0 Å². The van der Waals surface area contributed by atoms with Crippen molar-refractivity contribution in [3.8, 4) is 17.3 Å². The summed E-state index contributed by atoms with van der Waals surface area (Å²) >= 11 is 0.622. The average Bonchev–Trinajstić information content (AvgIpc) is 2.83. The number of nitriles is 1. The lowest BCUT2D eigenvalue weighted by Crippen LogP contribution is -2.05. The van der Waals surface area contributed by atoms with Gasteiger partial charge >= 0.3 is 11.9 Å². The fourth-order valence-corrected chi connectivity index (χ4v) is 2.27. The van der Waals surface area contributed by atoms with E-state index < -0.39 is 11.9 Å². The fourth-order valence-electron chi connectivity index (χ4n) is 1.53. The lowest BCUT2D eigenvalue weighted by molar-refractivity contribution is 0.0656. The Morgan fingerprint density at radius 2 is 1.79 bits per heavy atom. The number of rotatable bonds is 3. The molecule has 1 aromatic heterocycles. The third kappa shape index (κ3) is 2.29. The number of nitrogens with zero attached hydrogens (tertiary/aromatic N) is 2. The van der Waals surface area contributed by atoms with Crippen LogP contribution in [0.4, 0.5) is 0 Å². The van der Waals surface area contributed by atoms with Crippen molar-refractivity contribution >= 4 is 23.5 Å². The van der Waals surface area contributed by atoms with Crippen LogP contribution in [0.25, 0.3) is 11.3 Å². The lowest BCUT2D eigenvalue weighted by atomic mass is 10.0. The maximum atomic E-state index is 11.2. The molecule has 2 aromatic rings. The Labute approximate surface area is 111 Å². The molecule has 2 rings (SSSR count). The van der Waals surface area contributed by atoms with Gasteiger partial charge in [-0.15, -0.1) is 0 Å². The SMILES string of the molecule is N#Cc1ccc(-c2nsc(C(=O)O)c2C(=O)O)cc1. The topological polar surface area (TPSA) is 111 Å². The average molecular weight is 274 g/mol. The second-order valence-electron chi connectivity index (χ2n) is 3.53. The molecule has 2 N–H and O–H groups in total. The number of aromatic nitrogens is 1. The maximum Gasteiger partial charge on any atom is 0.348 e. The van der Waals surface area contributed by atoms with Crippen LogP contribution in [-0.4, -0.2) is 26.5 Å². The summed E-state index contributed by atoms with van der Waals surface area (Å²) in [4.78, 5) is 21.8. The predicted molar refractivity (Wildman–Crippen MR) is 66.2 cm³/mol. The Morgan fingerprint density at radius 3 is 2.26 bits per heavy atom. The van der Waals surface area contributed by atoms with Gasteiger partial charge in [0.05, 0.1) is 17.3 Å². The molecule has 0 saturated heterocycles. The number of aromatic carboxylic acids is 2. The molecule has 0 bridgehead atoms. The summed E-state index contributed by atoms with van der Waals surface area (Å²) in [7, 11) is 0. The molecule has 0 radical (unpaired) electrons. The van der Waals surface area contributed by atoms with Crippen LogP contribution in [0.3, 0.4) is 0 Å². The van der Waals surface area contributed by atoms with Crippen LogP contribution < -0.4 is 0 Å². The van der Waals surface area contributed by atoms with Gasteiger partial charge in [-0.25, -0.2) is 9.59 Å². The molecule has 0 aliphatic carbocycles. The van der Waals surface area contributed by atoms with E-state index in [-0.39, 0.29) is 16.1 Å². The minimum absolute atomic E-state index is 0.0967. The van der Waals surface area contributed by atoms with E-state index in [1.54, 1.807) is 0 Å². The number of hydrogen-bond donors (Lipinski definition) is 2. The summed E-state index contributed by atoms with van der Waals surface area (Å²) in [6.07, 6.45) is 0. The predicted octanol–water partition coefficient (Wildman–Crippen LogP) is 2.08. The highest BCUT2D eigenvalue weighted by Crippen LogP contribution is 2.28. The quantitative estimate of drug-likeness (QED) is 0.886. The van der Waals surface area contributed by atoms with Crippen LogP contribution >= 0.6 is 11.5 Å². The zero-order valence-corrected chi connectivity index (χ0v) is 10.1. The van der Waals surface area contributed by atoms with Crippen molar-refractivity contribution in [3.05, 3.63) is 40.3 Å². The highest BCUT2D eigenvalue weighted by atomic mass is 32.1. The number of benzene rings is 1. The molecule has 94 valence electrons. The van der Waals surface area contributed by atoms with E-state index in [0.29, 0.717) is 22.7 Å². The van der Waals surface area contributed by atoms with Crippen molar-refractivity contribution in [1.29, 1.82) is 5.26 Å². The maximum absolute atomic E-state index is 11.2. The van der Waals surface area contributed by atoms with Gasteiger partial charge in [-0.05, 0) is 23.7 Å². The van der Waals surface area contributed by atoms with Gasteiger partial charge in [0.2, 0.25) is 0 Å². The highest BCUT2D eigenvalue weighted by Gasteiger charge is 2.25. The Balaban J connectivity index is 2.59. The molecule has 0 saturated carbocycles. The van der Waals surface area contributed by atoms with E-state index in [0.717, 1.165) is 0 Å². The third-order valence-corrected chi connectivity index (χ3v) is 3.22. The molecule has 0 aliphatic rings. The van der Waals surface area contributed by atoms with E-state index in [1.165, 1.54) is 24.3 Å². The zero-order valence-electron chi connectivity index (χ0n) is 9.32. The number of carbonyl (C=O) groups is 2. The van der Waals surface area contributed by atoms with Crippen LogP contribution in [-0.2, 0) is 0 Å². The van der Waals surface area contributed by atoms with E-state index in [1.807, 2.05) is 6.07 Å². The molecule has 1 aromatic carbocycles. The monoisotopic (exact) mass is 274 g/mol. The highest BCUT2D eigenvalue weighted by molar-refractivity contribution is 7.08. The first-order valence-corrected chi connectivity index (χ1v) is 5.78. The van der Waals surface area contributed by atoms with Crippen molar-refractivity contribution in [1.82, 2.24) is 4.37 Å². The Hall–Kier alpha value is -2.72. The van der Waals surface area contributed by atoms with Crippen LogP contribution in [0.2, 0.25) is 0 Å². The molecule has 0 unspecified atom stereocenters. The molecule has 19 heavy (non-hydrogen) atoms. The summed E-state index contributed by atoms with van der Waals surface area (Å²) < 4.78 is 3.88. The summed E-state index contributed by atoms with van der Waals surface area (Å²) in [5.74, 6) is -2.67. The zero-order chi connectivity index (χ0) is 14.0. The molecule has 7 heteroatoms. The Kier molecular flexibility index (Phi) is 3.27. The van der Waals surface area contributed by atoms with Crippen molar-refractivity contribution in [2.75, 3.05) is 0 Å². The van der Waals surface area contributed by atoms with Gasteiger partial charge in [0.15, 0.2) is 0 Å². The van der Waals surface area contributed by atoms with Gasteiger partial charge < -0.3 is 10.2 Å². The Bertz CT molecular complexity index is 698. The van der Waals surface area contributed by atoms with E-state index in [4.69, 9.17) is 15.5 Å². The van der Waals surface area contributed by atoms with E-state index in [9.17, 15) is 9.59 Å². The first-order valence-electron chi connectivity index (χ1n) is 5.01. The molecular formula is C12H6N2O4S. The molecule has 0 fully saturated rings. The van der Waals surface area contributed by atoms with E-state index >= 15 is 0 Å². The standard InChI is InChI=1S/C12H6N2O4S/c13-5-6-1-3-7(4-2-6)9-8(11(15)16)10(12(17)18)19-14-9/h1-4H,(H,15,16)(H,17,18). The van der Waals surface area contributed by atoms with Crippen molar-refractivity contribution in [3.63, 3.8) is 0 Å². The molecule has 1 heterocycles. The summed E-state index contributed by atoms with van der Waals surface area (Å²) in [6.45, 7) is 0. The summed E-state index contributed by atoms with van der Waals surface area (Å²) in [6, 6.07) is 8.03. The van der Waals surface area contributed by atoms with Gasteiger partial charge in [-0.1, -0.05) is 12.1 Å². The van der Waals surface area contributed by atoms with Crippen LogP contribution in [0.5, 0.6) is 0 Å². The second-order valence-corrected chi connectivity index (χ2v) is 4.31. The number of hydrogen-bond acceptors (Lipinski definition) is 5. The second kappa shape index (κ2) is 4.88. The molecule has 0 amide bonds. The van der Waals surface area contributed by atoms with Gasteiger partial charge in [-0.2, -0.15) is 9.64 Å². The van der Waals surface area contributed by atoms with E-state index in [2.05, 4.69) is 4.37 Å². The van der Waals surface area contributed by atoms with Crippen LogP contribution in [0, 0.1) is 11.3 Å². The van der Waals surface area contributed by atoms with Gasteiger partial charge in [0.25, 0.3) is 0 Å². The largest absolute Gasteiger partial charge is 0.478 e. The molecule has 6 nitrogen and oxygen atoms in total. The lowest BCUT2D eigenvalue weighted by Gasteiger charge is -2.00. The molecule has 0 aliphatic heterocycles. The first-order chi connectivity index (χ1) is 9.04. The van der Waals surface area contributed by atoms with Crippen molar-refractivity contribution < 1.29 is 19.8 Å². The third-order valence-electron chi connectivity index (χ3n) is 2.39. The van der Waals surface area contributed by atoms with Gasteiger partial charge in [-0.3, -0.25) is 0 Å². The number of carboxylic acid groups (broad SMARTS) is 2. The van der Waals surface area contributed by atoms with Gasteiger partial charge in [0.1, 0.15) is 10.4 Å². The fraction of sp³-hybridized carbons (Fsp3) is 0. The van der Waals surface area contributed by atoms with Crippen LogP contribution in [0.1, 0.15) is 25.6 Å². The minimum atomic E-state index is -1.34. The van der Waals surface area contributed by atoms with Crippen LogP contribution in [0.15, 0.2) is 24.3 Å². The summed E-state index contributed by atoms with van der Waals surface area (Å²) in [5, 5.41) is 26.7. The molecule has 0 spiro atoms. The smallest absolute Gasteiger partial charge is 0.348 e. The molecular weight excluding hydrogens is 268 g/mol. The molecule has 0 atom stereocenters. The minimum Gasteiger partial charge on any atom is -0.478 e. The normalized spacial score (nSPS) is 9.84. The Morgan fingerprint density at radius 1 is 1.16 bits per heavy atom. The summed E-state index contributed by atoms with van der Waals surface area (Å²) in [5.41, 5.74) is 0.649. The first kappa shape index (κ1) is 12.7. The van der Waals surface area contributed by atoms with Crippen molar-refractivity contribution in [2.45, 2.75) is 0 Å². The van der Waals surface area contributed by atoms with Gasteiger partial charge in [0, 0.05) is 5.56 Å². The number of carboxylic acids is 2.